The molecule has 2 heterocycles. The lowest BCUT2D eigenvalue weighted by atomic mass is 9.93. The first-order valence-electron chi connectivity index (χ1n) is 10.4. The predicted octanol–water partition coefficient (Wildman–Crippen LogP) is 0.577. The van der Waals surface area contributed by atoms with Gasteiger partial charge in [0.2, 0.25) is 18.3 Å². The second-order valence-corrected chi connectivity index (χ2v) is 10.1. The van der Waals surface area contributed by atoms with Crippen LogP contribution in [0, 0.1) is 5.41 Å². The number of Topliss-reactive ketones (excluding diaryl/α,β-unsaturated/α-hetero) is 1. The van der Waals surface area contributed by atoms with E-state index in [9.17, 15) is 24.0 Å². The second kappa shape index (κ2) is 12.4. The summed E-state index contributed by atoms with van der Waals surface area (Å²) in [5.41, 5.74) is -0.422. The number of nitrogens with one attached hydrogen (secondary N) is 1. The number of esters is 2. The standard InChI is InChI=1S/C21H28ClN3O9S/c1-21(2,3)6-13(27)33-10-34-20(30)16-11(8-31-4)9-35-19-15(18(29)25(16)19)23-17(28)14(24-32-5)12(26)7-22/h15,19H,6-10H2,1-5H3,(H,23,28)/t15?,19-/m1/s1. The number of β-lactam (4-membered cyclic amide) rings is 1. The third kappa shape index (κ3) is 7.18. The van der Waals surface area contributed by atoms with E-state index in [4.69, 9.17) is 25.8 Å². The number of hydrogen-bond acceptors (Lipinski definition) is 11. The second-order valence-electron chi connectivity index (χ2n) is 8.73. The van der Waals surface area contributed by atoms with Crippen LogP contribution >= 0.6 is 23.4 Å². The maximum absolute atomic E-state index is 12.9. The zero-order valence-electron chi connectivity index (χ0n) is 20.0. The normalized spacial score (nSPS) is 20.0. The van der Waals surface area contributed by atoms with Gasteiger partial charge in [-0.15, -0.1) is 23.4 Å². The summed E-state index contributed by atoms with van der Waals surface area (Å²) in [5.74, 6) is -3.91. The minimum absolute atomic E-state index is 0.0411. The first-order valence-corrected chi connectivity index (χ1v) is 12.0. The maximum atomic E-state index is 12.9. The number of oxime groups is 1. The van der Waals surface area contributed by atoms with Gasteiger partial charge in [0, 0.05) is 12.9 Å². The number of fused-ring (bicyclic) bond motifs is 1. The van der Waals surface area contributed by atoms with Gasteiger partial charge in [-0.05, 0) is 11.0 Å². The maximum Gasteiger partial charge on any atom is 0.358 e. The van der Waals surface area contributed by atoms with Crippen molar-refractivity contribution in [3.05, 3.63) is 11.3 Å². The quantitative estimate of drug-likeness (QED) is 0.0759. The first-order chi connectivity index (χ1) is 16.4. The molecule has 1 N–H and O–H groups in total. The van der Waals surface area contributed by atoms with Crippen molar-refractivity contribution in [2.24, 2.45) is 10.6 Å². The number of carbonyl (C=O) groups is 5. The minimum Gasteiger partial charge on any atom is -0.428 e. The molecule has 2 atom stereocenters. The van der Waals surface area contributed by atoms with Gasteiger partial charge < -0.3 is 24.4 Å². The molecule has 0 spiro atoms. The largest absolute Gasteiger partial charge is 0.428 e. The highest BCUT2D eigenvalue weighted by Crippen LogP contribution is 2.40. The van der Waals surface area contributed by atoms with Gasteiger partial charge in [-0.3, -0.25) is 24.1 Å². The van der Waals surface area contributed by atoms with E-state index in [1.54, 1.807) is 0 Å². The molecule has 194 valence electrons. The molecular weight excluding hydrogens is 506 g/mol. The molecule has 1 fully saturated rings. The number of amides is 2. The molecule has 2 aliphatic heterocycles. The third-order valence-corrected chi connectivity index (χ3v) is 6.30. The van der Waals surface area contributed by atoms with Crippen molar-refractivity contribution in [2.45, 2.75) is 38.6 Å². The van der Waals surface area contributed by atoms with Crippen molar-refractivity contribution < 1.29 is 43.0 Å². The highest BCUT2D eigenvalue weighted by Gasteiger charge is 2.54. The van der Waals surface area contributed by atoms with E-state index in [1.807, 2.05) is 20.8 Å². The van der Waals surface area contributed by atoms with Crippen LogP contribution in [0.1, 0.15) is 27.2 Å². The van der Waals surface area contributed by atoms with Crippen molar-refractivity contribution in [2.75, 3.05) is 39.3 Å². The van der Waals surface area contributed by atoms with E-state index in [0.29, 0.717) is 11.3 Å². The Balaban J connectivity index is 2.11. The van der Waals surface area contributed by atoms with E-state index < -0.39 is 59.3 Å². The Morgan fingerprint density at radius 1 is 1.20 bits per heavy atom. The van der Waals surface area contributed by atoms with Crippen LogP contribution in [0.2, 0.25) is 0 Å². The highest BCUT2D eigenvalue weighted by atomic mass is 35.5. The number of halogens is 1. The molecular formula is C21H28ClN3O9S. The summed E-state index contributed by atoms with van der Waals surface area (Å²) in [4.78, 5) is 67.6. The molecule has 1 saturated heterocycles. The molecule has 12 nitrogen and oxygen atoms in total. The van der Waals surface area contributed by atoms with Crippen LogP contribution in [0.15, 0.2) is 16.4 Å². The number of nitrogens with zero attached hydrogens (tertiary/aromatic N) is 2. The Morgan fingerprint density at radius 2 is 1.89 bits per heavy atom. The van der Waals surface area contributed by atoms with Crippen molar-refractivity contribution in [1.29, 1.82) is 0 Å². The SMILES string of the molecule is COCC1=C(C(=O)OCOC(=O)CC(C)(C)C)N2C(=O)C(NC(=O)C(=NOC)C(=O)CCl)[C@H]2SC1. The molecule has 2 aliphatic rings. The molecule has 0 aliphatic carbocycles. The van der Waals surface area contributed by atoms with Gasteiger partial charge in [0.15, 0.2) is 0 Å². The molecule has 2 amide bonds. The number of rotatable bonds is 11. The summed E-state index contributed by atoms with van der Waals surface area (Å²) in [7, 11) is 2.59. The summed E-state index contributed by atoms with van der Waals surface area (Å²) in [5, 5.41) is 5.17. The van der Waals surface area contributed by atoms with Gasteiger partial charge in [0.25, 0.3) is 11.8 Å². The highest BCUT2D eigenvalue weighted by molar-refractivity contribution is 8.00. The van der Waals surface area contributed by atoms with Crippen molar-refractivity contribution in [3.63, 3.8) is 0 Å². The number of ether oxygens (including phenoxy) is 3. The van der Waals surface area contributed by atoms with Crippen molar-refractivity contribution in [3.8, 4) is 0 Å². The molecule has 0 aromatic rings. The fourth-order valence-corrected chi connectivity index (χ4v) is 4.70. The fraction of sp³-hybridized carbons (Fsp3) is 0.619. The summed E-state index contributed by atoms with van der Waals surface area (Å²) >= 11 is 6.78. The van der Waals surface area contributed by atoms with Crippen LogP contribution in [0.4, 0.5) is 0 Å². The molecule has 2 rings (SSSR count). The molecule has 0 aromatic heterocycles. The van der Waals surface area contributed by atoms with E-state index in [1.165, 1.54) is 23.8 Å². The number of thioether (sulfide) groups is 1. The fourth-order valence-electron chi connectivity index (χ4n) is 3.24. The zero-order valence-corrected chi connectivity index (χ0v) is 21.6. The van der Waals surface area contributed by atoms with Crippen molar-refractivity contribution >= 4 is 58.6 Å². The lowest BCUT2D eigenvalue weighted by Gasteiger charge is -2.49. The van der Waals surface area contributed by atoms with E-state index in [-0.39, 0.29) is 24.1 Å². The molecule has 0 saturated carbocycles. The predicted molar refractivity (Wildman–Crippen MR) is 125 cm³/mol. The molecule has 1 unspecified atom stereocenters. The Kier molecular flexibility index (Phi) is 10.1. The van der Waals surface area contributed by atoms with Crippen LogP contribution < -0.4 is 5.32 Å². The van der Waals surface area contributed by atoms with Crippen LogP contribution in [-0.2, 0) is 43.0 Å². The molecule has 14 heteroatoms. The van der Waals surface area contributed by atoms with Gasteiger partial charge in [-0.2, -0.15) is 0 Å². The topological polar surface area (TPSA) is 150 Å². The number of carbonyl (C=O) groups excluding carboxylic acids is 5. The summed E-state index contributed by atoms with van der Waals surface area (Å²) in [6.07, 6.45) is 0.132. The molecule has 35 heavy (non-hydrogen) atoms. The van der Waals surface area contributed by atoms with Gasteiger partial charge in [-0.25, -0.2) is 4.79 Å². The molecule has 0 radical (unpaired) electrons. The Hall–Kier alpha value is -2.64. The third-order valence-electron chi connectivity index (χ3n) is 4.71. The van der Waals surface area contributed by atoms with Crippen LogP contribution in [0.3, 0.4) is 0 Å². The zero-order chi connectivity index (χ0) is 26.3. The minimum atomic E-state index is -1.03. The van der Waals surface area contributed by atoms with E-state index >= 15 is 0 Å². The summed E-state index contributed by atoms with van der Waals surface area (Å²) in [6, 6.07) is -1.03. The Morgan fingerprint density at radius 3 is 2.46 bits per heavy atom. The van der Waals surface area contributed by atoms with E-state index in [2.05, 4.69) is 15.3 Å². The van der Waals surface area contributed by atoms with Gasteiger partial charge in [-0.1, -0.05) is 25.9 Å². The summed E-state index contributed by atoms with van der Waals surface area (Å²) < 4.78 is 15.2. The number of hydrogen-bond donors (Lipinski definition) is 1. The lowest BCUT2D eigenvalue weighted by Crippen LogP contribution is -2.71. The van der Waals surface area contributed by atoms with Crippen molar-refractivity contribution in [1.82, 2.24) is 10.2 Å². The van der Waals surface area contributed by atoms with E-state index in [0.717, 1.165) is 7.11 Å². The van der Waals surface area contributed by atoms with Crippen LogP contribution in [-0.4, -0.2) is 90.8 Å². The van der Waals surface area contributed by atoms with Gasteiger partial charge in [0.1, 0.15) is 24.2 Å². The van der Waals surface area contributed by atoms with Gasteiger partial charge in [0.05, 0.1) is 18.9 Å². The monoisotopic (exact) mass is 533 g/mol. The Bertz CT molecular complexity index is 945. The lowest BCUT2D eigenvalue weighted by molar-refractivity contribution is -0.169. The molecule has 0 bridgehead atoms. The summed E-state index contributed by atoms with van der Waals surface area (Å²) in [6.45, 7) is 5.03. The van der Waals surface area contributed by atoms with Gasteiger partial charge >= 0.3 is 11.9 Å². The molecule has 0 aromatic carbocycles. The Labute approximate surface area is 211 Å². The average Bonchev–Trinajstić information content (AvgIpc) is 2.78. The average molecular weight is 534 g/mol. The number of ketones is 1. The number of methoxy groups -OCH3 is 1. The number of alkyl halides is 1. The first kappa shape index (κ1) is 28.6. The van der Waals surface area contributed by atoms with Crippen LogP contribution in [0.5, 0.6) is 0 Å². The smallest absolute Gasteiger partial charge is 0.358 e. The van der Waals surface area contributed by atoms with Crippen LogP contribution in [0.25, 0.3) is 0 Å².